The van der Waals surface area contributed by atoms with Crippen LogP contribution in [0.15, 0.2) is 34.9 Å². The van der Waals surface area contributed by atoms with Gasteiger partial charge in [0, 0.05) is 35.2 Å². The highest BCUT2D eigenvalue weighted by molar-refractivity contribution is 6.02. The van der Waals surface area contributed by atoms with Gasteiger partial charge in [0.15, 0.2) is 5.78 Å². The van der Waals surface area contributed by atoms with Crippen molar-refractivity contribution in [2.24, 2.45) is 40.4 Å². The number of carbonyl (C=O) groups excluding carboxylic acids is 2. The zero-order chi connectivity index (χ0) is 25.2. The second kappa shape index (κ2) is 8.58. The summed E-state index contributed by atoms with van der Waals surface area (Å²) in [6.45, 7) is 14.2. The summed E-state index contributed by atoms with van der Waals surface area (Å²) in [4.78, 5) is 37.5. The van der Waals surface area contributed by atoms with Gasteiger partial charge in [-0.3, -0.25) is 14.4 Å². The van der Waals surface area contributed by atoms with Crippen molar-refractivity contribution in [2.45, 2.75) is 85.7 Å². The Labute approximate surface area is 203 Å². The van der Waals surface area contributed by atoms with Gasteiger partial charge in [-0.15, -0.1) is 0 Å². The summed E-state index contributed by atoms with van der Waals surface area (Å²) in [5.74, 6) is -0.570. The predicted molar refractivity (Wildman–Crippen MR) is 131 cm³/mol. The molecule has 5 nitrogen and oxygen atoms in total. The molecular formula is C29H40O5. The summed E-state index contributed by atoms with van der Waals surface area (Å²) >= 11 is 0. The molecule has 0 unspecified atom stereocenters. The van der Waals surface area contributed by atoms with Crippen molar-refractivity contribution >= 4 is 17.5 Å². The number of carboxylic acids is 1. The van der Waals surface area contributed by atoms with Gasteiger partial charge >= 0.3 is 5.97 Å². The number of Topliss-reactive ketones (excluding diaryl/α,β-unsaturated/α-hetero) is 2. The Hall–Kier alpha value is -2.01. The molecule has 1 saturated carbocycles. The van der Waals surface area contributed by atoms with E-state index in [2.05, 4.69) is 33.4 Å². The van der Waals surface area contributed by atoms with Gasteiger partial charge in [-0.05, 0) is 67.9 Å². The van der Waals surface area contributed by atoms with E-state index in [1.165, 1.54) is 0 Å². The molecule has 8 atom stereocenters. The van der Waals surface area contributed by atoms with E-state index in [9.17, 15) is 24.6 Å². The smallest absolute Gasteiger partial charge is 0.310 e. The second-order valence-corrected chi connectivity index (χ2v) is 12.0. The molecule has 0 radical (unpaired) electrons. The Morgan fingerprint density at radius 1 is 1.24 bits per heavy atom. The van der Waals surface area contributed by atoms with Crippen LogP contribution in [0.1, 0.15) is 79.6 Å². The molecule has 5 heteroatoms. The van der Waals surface area contributed by atoms with Gasteiger partial charge in [-0.25, -0.2) is 0 Å². The summed E-state index contributed by atoms with van der Waals surface area (Å²) in [6.07, 6.45) is 6.07. The fraction of sp³-hybridized carbons (Fsp3) is 0.690. The quantitative estimate of drug-likeness (QED) is 0.517. The normalized spacial score (nSPS) is 39.1. The number of rotatable bonds is 6. The summed E-state index contributed by atoms with van der Waals surface area (Å²) in [6, 6.07) is 0. The minimum Gasteiger partial charge on any atom is -0.481 e. The van der Waals surface area contributed by atoms with E-state index in [0.29, 0.717) is 38.0 Å². The van der Waals surface area contributed by atoms with Crippen LogP contribution >= 0.6 is 0 Å². The molecule has 0 heterocycles. The van der Waals surface area contributed by atoms with Crippen LogP contribution in [0.5, 0.6) is 0 Å². The van der Waals surface area contributed by atoms with E-state index in [1.807, 2.05) is 6.92 Å². The number of aliphatic hydroxyl groups excluding tert-OH is 1. The lowest BCUT2D eigenvalue weighted by Crippen LogP contribution is -2.52. The Balaban J connectivity index is 1.62. The van der Waals surface area contributed by atoms with Crippen molar-refractivity contribution in [3.8, 4) is 0 Å². The summed E-state index contributed by atoms with van der Waals surface area (Å²) < 4.78 is 0. The average Bonchev–Trinajstić information content (AvgIpc) is 3.11. The van der Waals surface area contributed by atoms with Crippen LogP contribution in [0, 0.1) is 40.4 Å². The zero-order valence-corrected chi connectivity index (χ0v) is 21.3. The minimum atomic E-state index is -0.844. The number of allylic oxidation sites excluding steroid dienone is 2. The van der Waals surface area contributed by atoms with Crippen molar-refractivity contribution in [1.82, 2.24) is 0 Å². The lowest BCUT2D eigenvalue weighted by Gasteiger charge is -2.54. The molecule has 0 aromatic heterocycles. The van der Waals surface area contributed by atoms with Crippen LogP contribution < -0.4 is 0 Å². The maximum Gasteiger partial charge on any atom is 0.310 e. The number of hydrogen-bond acceptors (Lipinski definition) is 4. The van der Waals surface area contributed by atoms with Gasteiger partial charge < -0.3 is 10.2 Å². The highest BCUT2D eigenvalue weighted by atomic mass is 16.4. The second-order valence-electron chi connectivity index (χ2n) is 12.0. The van der Waals surface area contributed by atoms with Gasteiger partial charge in [-0.2, -0.15) is 0 Å². The molecule has 0 aromatic rings. The van der Waals surface area contributed by atoms with Gasteiger partial charge in [-0.1, -0.05) is 45.9 Å². The maximum absolute atomic E-state index is 13.8. The lowest BCUT2D eigenvalue weighted by atomic mass is 9.49. The molecule has 0 bridgehead atoms. The highest BCUT2D eigenvalue weighted by Gasteiger charge is 2.59. The van der Waals surface area contributed by atoms with Crippen molar-refractivity contribution in [2.75, 3.05) is 0 Å². The molecule has 0 spiro atoms. The van der Waals surface area contributed by atoms with Crippen molar-refractivity contribution in [1.29, 1.82) is 0 Å². The number of aliphatic hydroxyl groups is 1. The van der Waals surface area contributed by atoms with Crippen LogP contribution in [-0.2, 0) is 14.4 Å². The Kier molecular flexibility index (Phi) is 6.33. The molecule has 4 aliphatic carbocycles. The number of hydrogen-bond donors (Lipinski definition) is 2. The Bertz CT molecular complexity index is 1000. The highest BCUT2D eigenvalue weighted by Crippen LogP contribution is 2.63. The first-order valence-electron chi connectivity index (χ1n) is 12.9. The van der Waals surface area contributed by atoms with Crippen molar-refractivity contribution in [3.63, 3.8) is 0 Å². The average molecular weight is 469 g/mol. The number of fused-ring (bicyclic) bond motifs is 4. The number of ketones is 2. The third-order valence-corrected chi connectivity index (χ3v) is 10.2. The first kappa shape index (κ1) is 25.1. The topological polar surface area (TPSA) is 91.7 Å². The number of carboxylic acid groups (broad SMARTS) is 1. The van der Waals surface area contributed by atoms with Gasteiger partial charge in [0.05, 0.1) is 12.0 Å². The third-order valence-electron chi connectivity index (χ3n) is 10.2. The molecule has 0 aliphatic heterocycles. The molecule has 0 amide bonds. The van der Waals surface area contributed by atoms with Crippen molar-refractivity contribution < 1.29 is 24.6 Å². The van der Waals surface area contributed by atoms with Crippen LogP contribution in [-0.4, -0.2) is 33.9 Å². The zero-order valence-electron chi connectivity index (χ0n) is 21.3. The van der Waals surface area contributed by atoms with Crippen LogP contribution in [0.3, 0.4) is 0 Å². The third kappa shape index (κ3) is 3.66. The molecule has 34 heavy (non-hydrogen) atoms. The van der Waals surface area contributed by atoms with E-state index < -0.39 is 18.0 Å². The molecule has 1 fully saturated rings. The summed E-state index contributed by atoms with van der Waals surface area (Å²) in [7, 11) is 0. The minimum absolute atomic E-state index is 0.00904. The molecule has 0 aromatic carbocycles. The molecular weight excluding hydrogens is 428 g/mol. The van der Waals surface area contributed by atoms with Crippen LogP contribution in [0.25, 0.3) is 0 Å². The van der Waals surface area contributed by atoms with E-state index in [0.717, 1.165) is 35.1 Å². The molecule has 0 saturated heterocycles. The van der Waals surface area contributed by atoms with Crippen LogP contribution in [0.2, 0.25) is 0 Å². The maximum atomic E-state index is 13.8. The standard InChI is InChI=1S/C29H40O5/c1-15(17(3)27(33)34)7-8-16(2)19-9-10-20-25-23(31)13-21-18(4)22(30)11-12-28(21,5)26(25)24(32)14-29(19,20)6/h10,16-19,21,23,31H,1,7-9,11-14H2,2-6H3,(H,33,34)/t16-,17+,18+,19-,21+,23+,28+,29-/m1/s1. The Morgan fingerprint density at radius 3 is 2.56 bits per heavy atom. The van der Waals surface area contributed by atoms with E-state index in [1.54, 1.807) is 6.92 Å². The van der Waals surface area contributed by atoms with Gasteiger partial charge in [0.25, 0.3) is 0 Å². The molecule has 2 N–H and O–H groups in total. The van der Waals surface area contributed by atoms with E-state index in [4.69, 9.17) is 0 Å². The molecule has 186 valence electrons. The fourth-order valence-corrected chi connectivity index (χ4v) is 7.83. The first-order chi connectivity index (χ1) is 15.8. The summed E-state index contributed by atoms with van der Waals surface area (Å²) in [5, 5.41) is 20.6. The van der Waals surface area contributed by atoms with Gasteiger partial charge in [0.2, 0.25) is 0 Å². The summed E-state index contributed by atoms with van der Waals surface area (Å²) in [5.41, 5.74) is 2.87. The first-order valence-corrected chi connectivity index (χ1v) is 12.9. The van der Waals surface area contributed by atoms with E-state index in [-0.39, 0.29) is 40.2 Å². The van der Waals surface area contributed by atoms with Crippen molar-refractivity contribution in [3.05, 3.63) is 34.9 Å². The van der Waals surface area contributed by atoms with E-state index >= 15 is 0 Å². The molecule has 4 aliphatic rings. The van der Waals surface area contributed by atoms with Gasteiger partial charge in [0.1, 0.15) is 5.78 Å². The monoisotopic (exact) mass is 468 g/mol. The Morgan fingerprint density at radius 2 is 1.91 bits per heavy atom. The number of carbonyl (C=O) groups is 3. The largest absolute Gasteiger partial charge is 0.481 e. The van der Waals surface area contributed by atoms with Crippen LogP contribution in [0.4, 0.5) is 0 Å². The molecule has 4 rings (SSSR count). The SMILES string of the molecule is C=C(CC[C@@H](C)[C@H]1CC=C2C3=C(C(=O)C[C@@]21C)[C@@]1(C)CCC(=O)[C@@H](C)[C@@H]1C[C@@H]3O)[C@H](C)C(=O)O. The lowest BCUT2D eigenvalue weighted by molar-refractivity contribution is -0.140. The fourth-order valence-electron chi connectivity index (χ4n) is 7.83. The number of aliphatic carboxylic acids is 1. The predicted octanol–water partition coefficient (Wildman–Crippen LogP) is 5.29.